The number of carbonyl (C=O) groups is 1. The summed E-state index contributed by atoms with van der Waals surface area (Å²) in [6, 6.07) is 7.50. The summed E-state index contributed by atoms with van der Waals surface area (Å²) < 4.78 is 11.1. The molecular formula is C19H32N4O3. The van der Waals surface area contributed by atoms with E-state index in [1.807, 2.05) is 31.2 Å². The minimum Gasteiger partial charge on any atom is -0.497 e. The summed E-state index contributed by atoms with van der Waals surface area (Å²) in [5.41, 5.74) is 0. The normalized spacial score (nSPS) is 12.3. The van der Waals surface area contributed by atoms with Gasteiger partial charge in [0.25, 0.3) is 0 Å². The lowest BCUT2D eigenvalue weighted by atomic mass is 10.3. The van der Waals surface area contributed by atoms with Crippen molar-refractivity contribution < 1.29 is 14.3 Å². The first kappa shape index (κ1) is 21.6. The number of ether oxygens (including phenoxy) is 2. The number of hydrogen-bond donors (Lipinski definition) is 2. The van der Waals surface area contributed by atoms with Gasteiger partial charge in [0.2, 0.25) is 5.91 Å². The summed E-state index contributed by atoms with van der Waals surface area (Å²) >= 11 is 0. The van der Waals surface area contributed by atoms with Gasteiger partial charge in [-0.2, -0.15) is 0 Å². The van der Waals surface area contributed by atoms with Crippen LogP contribution in [-0.2, 0) is 4.79 Å². The fourth-order valence-corrected chi connectivity index (χ4v) is 2.03. The molecule has 0 heterocycles. The minimum absolute atomic E-state index is 0.0396. The predicted octanol–water partition coefficient (Wildman–Crippen LogP) is 1.89. The number of guanidine groups is 1. The largest absolute Gasteiger partial charge is 0.497 e. The van der Waals surface area contributed by atoms with E-state index in [2.05, 4.69) is 22.5 Å². The third kappa shape index (κ3) is 8.60. The number of unbranched alkanes of at least 4 members (excludes halogenated alkanes) is 1. The molecule has 0 aliphatic rings. The number of methoxy groups -OCH3 is 1. The lowest BCUT2D eigenvalue weighted by Gasteiger charge is -2.18. The van der Waals surface area contributed by atoms with Crippen molar-refractivity contribution in [3.8, 4) is 11.5 Å². The van der Waals surface area contributed by atoms with Gasteiger partial charge < -0.3 is 25.0 Å². The molecule has 0 spiro atoms. The van der Waals surface area contributed by atoms with Gasteiger partial charge >= 0.3 is 0 Å². The van der Waals surface area contributed by atoms with Crippen LogP contribution in [0.5, 0.6) is 11.5 Å². The van der Waals surface area contributed by atoms with Crippen molar-refractivity contribution in [1.29, 1.82) is 0 Å². The SMILES string of the molecule is CCCCNC(=NCC(=O)N(C)C)NCC(C)Oc1cccc(OC)c1. The van der Waals surface area contributed by atoms with E-state index >= 15 is 0 Å². The van der Waals surface area contributed by atoms with Crippen LogP contribution in [0, 0.1) is 0 Å². The molecule has 0 bridgehead atoms. The fraction of sp³-hybridized carbons (Fsp3) is 0.579. The first-order chi connectivity index (χ1) is 12.5. The van der Waals surface area contributed by atoms with Crippen molar-refractivity contribution in [2.24, 2.45) is 4.99 Å². The highest BCUT2D eigenvalue weighted by molar-refractivity contribution is 5.84. The first-order valence-electron chi connectivity index (χ1n) is 8.99. The lowest BCUT2D eigenvalue weighted by molar-refractivity contribution is -0.127. The van der Waals surface area contributed by atoms with Crippen LogP contribution in [-0.4, -0.2) is 63.7 Å². The minimum atomic E-state index is -0.0789. The standard InChI is InChI=1S/C19H32N4O3/c1-6-7-11-20-19(22-14-18(24)23(3)4)21-13-15(2)26-17-10-8-9-16(12-17)25-5/h8-10,12,15H,6-7,11,13-14H2,1-5H3,(H2,20,21,22). The van der Waals surface area contributed by atoms with Crippen LogP contribution < -0.4 is 20.1 Å². The van der Waals surface area contributed by atoms with E-state index in [1.165, 1.54) is 4.90 Å². The summed E-state index contributed by atoms with van der Waals surface area (Å²) in [7, 11) is 5.07. The van der Waals surface area contributed by atoms with Crippen molar-refractivity contribution in [2.75, 3.05) is 40.8 Å². The zero-order valence-electron chi connectivity index (χ0n) is 16.5. The van der Waals surface area contributed by atoms with Crippen molar-refractivity contribution in [3.05, 3.63) is 24.3 Å². The molecule has 0 saturated heterocycles. The van der Waals surface area contributed by atoms with Crippen LogP contribution in [0.1, 0.15) is 26.7 Å². The van der Waals surface area contributed by atoms with Crippen LogP contribution >= 0.6 is 0 Å². The Morgan fingerprint density at radius 1 is 1.27 bits per heavy atom. The molecule has 1 aromatic carbocycles. The Hall–Kier alpha value is -2.44. The van der Waals surface area contributed by atoms with Crippen LogP contribution in [0.4, 0.5) is 0 Å². The zero-order chi connectivity index (χ0) is 19.4. The number of rotatable bonds is 10. The maximum Gasteiger partial charge on any atom is 0.243 e. The molecule has 7 nitrogen and oxygen atoms in total. The van der Waals surface area contributed by atoms with Crippen molar-refractivity contribution in [1.82, 2.24) is 15.5 Å². The van der Waals surface area contributed by atoms with E-state index in [0.29, 0.717) is 12.5 Å². The molecule has 1 unspecified atom stereocenters. The summed E-state index contributed by atoms with van der Waals surface area (Å²) in [5, 5.41) is 6.48. The number of nitrogens with zero attached hydrogens (tertiary/aromatic N) is 2. The predicted molar refractivity (Wildman–Crippen MR) is 105 cm³/mol. The molecule has 1 atom stereocenters. The van der Waals surface area contributed by atoms with Gasteiger partial charge in [-0.1, -0.05) is 19.4 Å². The van der Waals surface area contributed by atoms with Gasteiger partial charge in [-0.15, -0.1) is 0 Å². The Labute approximate surface area is 156 Å². The van der Waals surface area contributed by atoms with Gasteiger partial charge in [-0.25, -0.2) is 4.99 Å². The summed E-state index contributed by atoms with van der Waals surface area (Å²) in [6.07, 6.45) is 2.05. The van der Waals surface area contributed by atoms with E-state index in [1.54, 1.807) is 21.2 Å². The molecule has 0 fully saturated rings. The second-order valence-electron chi connectivity index (χ2n) is 6.22. The number of benzene rings is 1. The molecule has 1 rings (SSSR count). The zero-order valence-corrected chi connectivity index (χ0v) is 16.5. The van der Waals surface area contributed by atoms with Crippen LogP contribution in [0.25, 0.3) is 0 Å². The van der Waals surface area contributed by atoms with Crippen molar-refractivity contribution in [3.63, 3.8) is 0 Å². The maximum atomic E-state index is 11.7. The van der Waals surface area contributed by atoms with E-state index in [9.17, 15) is 4.79 Å². The molecule has 0 aromatic heterocycles. The number of amides is 1. The molecule has 146 valence electrons. The highest BCUT2D eigenvalue weighted by atomic mass is 16.5. The average molecular weight is 364 g/mol. The van der Waals surface area contributed by atoms with Gasteiger partial charge in [-0.05, 0) is 25.5 Å². The van der Waals surface area contributed by atoms with Crippen molar-refractivity contribution in [2.45, 2.75) is 32.8 Å². The molecule has 1 amide bonds. The Kier molecular flexibility index (Phi) is 9.97. The Morgan fingerprint density at radius 2 is 2.00 bits per heavy atom. The highest BCUT2D eigenvalue weighted by Gasteiger charge is 2.08. The lowest BCUT2D eigenvalue weighted by Crippen LogP contribution is -2.42. The summed E-state index contributed by atoms with van der Waals surface area (Å²) in [5.74, 6) is 2.09. The maximum absolute atomic E-state index is 11.7. The topological polar surface area (TPSA) is 75.2 Å². The third-order valence-electron chi connectivity index (χ3n) is 3.63. The monoisotopic (exact) mass is 364 g/mol. The molecule has 0 saturated carbocycles. The van der Waals surface area contributed by atoms with E-state index in [0.717, 1.165) is 30.9 Å². The second kappa shape index (κ2) is 12.0. The Bertz CT molecular complexity index is 576. The smallest absolute Gasteiger partial charge is 0.243 e. The van der Waals surface area contributed by atoms with Crippen LogP contribution in [0.15, 0.2) is 29.3 Å². The van der Waals surface area contributed by atoms with E-state index < -0.39 is 0 Å². The van der Waals surface area contributed by atoms with Gasteiger partial charge in [0.1, 0.15) is 24.1 Å². The summed E-state index contributed by atoms with van der Waals surface area (Å²) in [4.78, 5) is 17.6. The number of carbonyl (C=O) groups excluding carboxylic acids is 1. The second-order valence-corrected chi connectivity index (χ2v) is 6.22. The Morgan fingerprint density at radius 3 is 2.65 bits per heavy atom. The van der Waals surface area contributed by atoms with Gasteiger partial charge in [0.15, 0.2) is 5.96 Å². The average Bonchev–Trinajstić information content (AvgIpc) is 2.63. The quantitative estimate of drug-likeness (QED) is 0.377. The highest BCUT2D eigenvalue weighted by Crippen LogP contribution is 2.19. The molecule has 0 radical (unpaired) electrons. The molecular weight excluding hydrogens is 332 g/mol. The number of nitrogens with one attached hydrogen (secondary N) is 2. The Balaban J connectivity index is 2.56. The van der Waals surface area contributed by atoms with Crippen LogP contribution in [0.2, 0.25) is 0 Å². The van der Waals surface area contributed by atoms with E-state index in [4.69, 9.17) is 9.47 Å². The molecule has 0 aliphatic carbocycles. The van der Waals surface area contributed by atoms with E-state index in [-0.39, 0.29) is 18.6 Å². The van der Waals surface area contributed by atoms with Crippen LogP contribution in [0.3, 0.4) is 0 Å². The number of hydrogen-bond acceptors (Lipinski definition) is 4. The molecule has 26 heavy (non-hydrogen) atoms. The van der Waals surface area contributed by atoms with Gasteiger partial charge in [0, 0.05) is 26.7 Å². The van der Waals surface area contributed by atoms with Gasteiger partial charge in [-0.3, -0.25) is 4.79 Å². The number of aliphatic imine (C=N–C) groups is 1. The number of likely N-dealkylation sites (N-methyl/N-ethyl adjacent to an activating group) is 1. The van der Waals surface area contributed by atoms with Crippen molar-refractivity contribution >= 4 is 11.9 Å². The molecule has 7 heteroatoms. The molecule has 1 aromatic rings. The van der Waals surface area contributed by atoms with Gasteiger partial charge in [0.05, 0.1) is 13.7 Å². The fourth-order valence-electron chi connectivity index (χ4n) is 2.03. The summed E-state index contributed by atoms with van der Waals surface area (Å²) in [6.45, 7) is 5.58. The first-order valence-corrected chi connectivity index (χ1v) is 8.99. The molecule has 2 N–H and O–H groups in total. The third-order valence-corrected chi connectivity index (χ3v) is 3.63. The molecule has 0 aliphatic heterocycles.